The fourth-order valence-corrected chi connectivity index (χ4v) is 3.10. The van der Waals surface area contributed by atoms with Crippen LogP contribution in [0.2, 0.25) is 0 Å². The molecule has 0 unspecified atom stereocenters. The maximum Gasteiger partial charge on any atom is 0.501 e. The van der Waals surface area contributed by atoms with Crippen molar-refractivity contribution in [3.63, 3.8) is 0 Å². The molecule has 1 aromatic rings. The smallest absolute Gasteiger partial charge is 0.393 e. The second-order valence-electron chi connectivity index (χ2n) is 4.68. The van der Waals surface area contributed by atoms with Gasteiger partial charge in [-0.05, 0) is 6.07 Å². The molecule has 1 heterocycles. The summed E-state index contributed by atoms with van der Waals surface area (Å²) in [7, 11) is -5.77. The van der Waals surface area contributed by atoms with Crippen LogP contribution < -0.4 is 10.6 Å². The van der Waals surface area contributed by atoms with Crippen LogP contribution in [0.5, 0.6) is 0 Å². The minimum Gasteiger partial charge on any atom is -0.393 e. The molecule has 1 fully saturated rings. The average Bonchev–Trinajstić information content (AvgIpc) is 2.46. The first kappa shape index (κ1) is 17.3. The van der Waals surface area contributed by atoms with Gasteiger partial charge in [-0.15, -0.1) is 0 Å². The Kier molecular flexibility index (Phi) is 4.39. The Balaban J connectivity index is 2.70. The Bertz CT molecular complexity index is 729. The van der Waals surface area contributed by atoms with Crippen LogP contribution in [0.15, 0.2) is 17.0 Å². The fourth-order valence-electron chi connectivity index (χ4n) is 2.12. The lowest BCUT2D eigenvalue weighted by Crippen LogP contribution is -2.38. The van der Waals surface area contributed by atoms with Crippen LogP contribution in [-0.4, -0.2) is 45.2 Å². The third kappa shape index (κ3) is 3.17. The van der Waals surface area contributed by atoms with Crippen LogP contribution in [0.1, 0.15) is 0 Å². The van der Waals surface area contributed by atoms with E-state index in [0.29, 0.717) is 6.07 Å². The third-order valence-corrected chi connectivity index (χ3v) is 4.77. The number of morpholine rings is 1. The summed E-state index contributed by atoms with van der Waals surface area (Å²) in [4.78, 5) is 9.97. The van der Waals surface area contributed by atoms with E-state index in [4.69, 9.17) is 10.5 Å². The highest BCUT2D eigenvalue weighted by atomic mass is 32.2. The molecule has 0 aliphatic carbocycles. The number of nitrogens with zero attached hydrogens (tertiary/aromatic N) is 2. The molecule has 128 valence electrons. The number of alkyl halides is 3. The number of benzene rings is 1. The minimum atomic E-state index is -5.77. The lowest BCUT2D eigenvalue weighted by Gasteiger charge is -2.30. The lowest BCUT2D eigenvalue weighted by atomic mass is 10.2. The van der Waals surface area contributed by atoms with Crippen molar-refractivity contribution in [2.24, 2.45) is 0 Å². The molecular weight excluding hydrogens is 343 g/mol. The van der Waals surface area contributed by atoms with Crippen molar-refractivity contribution >= 4 is 26.9 Å². The molecule has 0 atom stereocenters. The minimum absolute atomic E-state index is 0.137. The molecule has 2 N–H and O–H groups in total. The van der Waals surface area contributed by atoms with Crippen LogP contribution in [0.3, 0.4) is 0 Å². The van der Waals surface area contributed by atoms with Crippen LogP contribution in [0.4, 0.5) is 30.2 Å². The number of hydrogen-bond donors (Lipinski definition) is 1. The highest BCUT2D eigenvalue weighted by Gasteiger charge is 2.49. The maximum atomic E-state index is 12.9. The normalized spacial score (nSPS) is 16.4. The number of nitro groups is 1. The molecule has 0 saturated carbocycles. The first-order chi connectivity index (χ1) is 10.6. The fraction of sp³-hybridized carbons (Fsp3) is 0.455. The number of rotatable bonds is 3. The zero-order valence-corrected chi connectivity index (χ0v) is 12.4. The molecule has 1 aliphatic rings. The molecule has 0 aromatic heterocycles. The summed E-state index contributed by atoms with van der Waals surface area (Å²) < 4.78 is 67.2. The molecule has 1 saturated heterocycles. The van der Waals surface area contributed by atoms with Gasteiger partial charge >= 0.3 is 5.51 Å². The van der Waals surface area contributed by atoms with Gasteiger partial charge in [0.05, 0.1) is 23.8 Å². The van der Waals surface area contributed by atoms with Gasteiger partial charge in [-0.1, -0.05) is 0 Å². The SMILES string of the molecule is Nc1cc(N2CCOCC2)c(S(=O)(=O)C(F)(F)F)cc1[N+](=O)[O-]. The zero-order valence-electron chi connectivity index (χ0n) is 11.5. The quantitative estimate of drug-likeness (QED) is 0.494. The second-order valence-corrected chi connectivity index (χ2v) is 6.59. The Labute approximate surface area is 128 Å². The molecule has 0 bridgehead atoms. The van der Waals surface area contributed by atoms with Crippen LogP contribution in [0.25, 0.3) is 0 Å². The van der Waals surface area contributed by atoms with E-state index in [-0.39, 0.29) is 32.0 Å². The van der Waals surface area contributed by atoms with Gasteiger partial charge in [-0.3, -0.25) is 10.1 Å². The Hall–Kier alpha value is -2.08. The molecule has 8 nitrogen and oxygen atoms in total. The molecule has 0 amide bonds. The zero-order chi connectivity index (χ0) is 17.4. The van der Waals surface area contributed by atoms with Crippen molar-refractivity contribution in [1.82, 2.24) is 0 Å². The summed E-state index contributed by atoms with van der Waals surface area (Å²) in [5.41, 5.74) is -1.75. The van der Waals surface area contributed by atoms with E-state index in [9.17, 15) is 31.7 Å². The number of nitrogens with two attached hydrogens (primary N) is 1. The topological polar surface area (TPSA) is 116 Å². The number of nitrogen functional groups attached to an aromatic ring is 1. The van der Waals surface area contributed by atoms with Crippen molar-refractivity contribution < 1.29 is 31.2 Å². The molecule has 1 aliphatic heterocycles. The second kappa shape index (κ2) is 5.85. The van der Waals surface area contributed by atoms with Crippen LogP contribution in [0, 0.1) is 10.1 Å². The molecule has 0 spiro atoms. The predicted octanol–water partition coefficient (Wildman–Crippen LogP) is 1.31. The van der Waals surface area contributed by atoms with Crippen molar-refractivity contribution in [3.05, 3.63) is 22.2 Å². The third-order valence-electron chi connectivity index (χ3n) is 3.25. The molecular formula is C11H12F3N3O5S. The Morgan fingerprint density at radius 2 is 1.83 bits per heavy atom. The van der Waals surface area contributed by atoms with E-state index < -0.39 is 36.5 Å². The van der Waals surface area contributed by atoms with Gasteiger partial charge in [0, 0.05) is 19.2 Å². The van der Waals surface area contributed by atoms with Crippen molar-refractivity contribution in [2.75, 3.05) is 36.9 Å². The summed E-state index contributed by atoms with van der Waals surface area (Å²) in [6.07, 6.45) is 0. The molecule has 0 radical (unpaired) electrons. The lowest BCUT2D eigenvalue weighted by molar-refractivity contribution is -0.384. The number of sulfone groups is 1. The number of anilines is 2. The number of ether oxygens (including phenoxy) is 1. The van der Waals surface area contributed by atoms with Gasteiger partial charge in [0.1, 0.15) is 10.6 Å². The van der Waals surface area contributed by atoms with E-state index in [0.717, 1.165) is 6.07 Å². The Morgan fingerprint density at radius 1 is 1.26 bits per heavy atom. The molecule has 1 aromatic carbocycles. The number of hydrogen-bond acceptors (Lipinski definition) is 7. The summed E-state index contributed by atoms with van der Waals surface area (Å²) >= 11 is 0. The van der Waals surface area contributed by atoms with E-state index >= 15 is 0 Å². The van der Waals surface area contributed by atoms with Crippen LogP contribution >= 0.6 is 0 Å². The summed E-state index contributed by atoms with van der Waals surface area (Å²) in [6.45, 7) is 0.639. The first-order valence-corrected chi connectivity index (χ1v) is 7.76. The average molecular weight is 355 g/mol. The van der Waals surface area contributed by atoms with Crippen molar-refractivity contribution in [3.8, 4) is 0 Å². The monoisotopic (exact) mass is 355 g/mol. The highest BCUT2D eigenvalue weighted by molar-refractivity contribution is 7.92. The molecule has 2 rings (SSSR count). The molecule has 12 heteroatoms. The van der Waals surface area contributed by atoms with E-state index in [1.54, 1.807) is 0 Å². The number of nitro benzene ring substituents is 1. The van der Waals surface area contributed by atoms with Gasteiger partial charge < -0.3 is 15.4 Å². The molecule has 23 heavy (non-hydrogen) atoms. The summed E-state index contributed by atoms with van der Waals surface area (Å²) in [5.74, 6) is 0. The van der Waals surface area contributed by atoms with Crippen LogP contribution in [-0.2, 0) is 14.6 Å². The largest absolute Gasteiger partial charge is 0.501 e. The van der Waals surface area contributed by atoms with Gasteiger partial charge in [0.15, 0.2) is 0 Å². The van der Waals surface area contributed by atoms with Gasteiger partial charge in [-0.25, -0.2) is 8.42 Å². The van der Waals surface area contributed by atoms with Gasteiger partial charge in [0.25, 0.3) is 15.5 Å². The maximum absolute atomic E-state index is 12.9. The van der Waals surface area contributed by atoms with E-state index in [1.165, 1.54) is 4.90 Å². The standard InChI is InChI=1S/C11H12F3N3O5S/c12-11(13,14)23(20,21)10-6-8(17(18)19)7(15)5-9(10)16-1-3-22-4-2-16/h5-6H,1-4,15H2. The number of halogens is 3. The van der Waals surface area contributed by atoms with Crippen molar-refractivity contribution in [1.29, 1.82) is 0 Å². The van der Waals surface area contributed by atoms with E-state index in [1.807, 2.05) is 0 Å². The van der Waals surface area contributed by atoms with Crippen molar-refractivity contribution in [2.45, 2.75) is 10.4 Å². The van der Waals surface area contributed by atoms with Gasteiger partial charge in [-0.2, -0.15) is 13.2 Å². The first-order valence-electron chi connectivity index (χ1n) is 6.27. The summed E-state index contributed by atoms with van der Waals surface area (Å²) in [6, 6.07) is 1.23. The van der Waals surface area contributed by atoms with Gasteiger partial charge in [0.2, 0.25) is 0 Å². The van der Waals surface area contributed by atoms with E-state index in [2.05, 4.69) is 0 Å². The summed E-state index contributed by atoms with van der Waals surface area (Å²) in [5, 5.41) is 10.9. The predicted molar refractivity (Wildman–Crippen MR) is 73.8 cm³/mol. The Morgan fingerprint density at radius 3 is 2.30 bits per heavy atom. The highest BCUT2D eigenvalue weighted by Crippen LogP contribution is 2.40.